The van der Waals surface area contributed by atoms with E-state index >= 15 is 0 Å². The van der Waals surface area contributed by atoms with E-state index in [1.165, 1.54) is 30.4 Å². The van der Waals surface area contributed by atoms with Crippen LogP contribution in [0.2, 0.25) is 0 Å². The van der Waals surface area contributed by atoms with Crippen LogP contribution in [-0.4, -0.2) is 22.8 Å². The molecular formula is C22H39BS2. The fourth-order valence-electron chi connectivity index (χ4n) is 3.56. The van der Waals surface area contributed by atoms with Crippen LogP contribution in [0.1, 0.15) is 77.8 Å². The molecule has 25 heavy (non-hydrogen) atoms. The molecule has 0 aliphatic rings. The van der Waals surface area contributed by atoms with Crippen LogP contribution < -0.4 is 0 Å². The third kappa shape index (κ3) is 7.63. The van der Waals surface area contributed by atoms with Crippen molar-refractivity contribution in [3.05, 3.63) is 35.4 Å². The van der Waals surface area contributed by atoms with Gasteiger partial charge in [0.15, 0.2) is 0 Å². The second-order valence-electron chi connectivity index (χ2n) is 8.93. The Labute approximate surface area is 165 Å². The average molecular weight is 379 g/mol. The van der Waals surface area contributed by atoms with Gasteiger partial charge in [-0.25, -0.2) is 0 Å². The molecule has 0 fully saturated rings. The Morgan fingerprint density at radius 2 is 1.60 bits per heavy atom. The maximum absolute atomic E-state index is 4.59. The molecule has 0 aliphatic heterocycles. The van der Waals surface area contributed by atoms with Gasteiger partial charge in [0.05, 0.1) is 0 Å². The molecule has 4 atom stereocenters. The fraction of sp³-hybridized carbons (Fsp3) is 0.727. The Morgan fingerprint density at radius 1 is 1.04 bits per heavy atom. The van der Waals surface area contributed by atoms with Gasteiger partial charge in [0.2, 0.25) is 0 Å². The van der Waals surface area contributed by atoms with Gasteiger partial charge >= 0.3 is 165 Å². The Morgan fingerprint density at radius 3 is 2.04 bits per heavy atom. The van der Waals surface area contributed by atoms with E-state index in [0.29, 0.717) is 15.9 Å². The first-order chi connectivity index (χ1) is 11.6. The number of hydrogen-bond acceptors (Lipinski definition) is 1. The second kappa shape index (κ2) is 10.4. The van der Waals surface area contributed by atoms with Crippen LogP contribution in [0.5, 0.6) is 0 Å². The van der Waals surface area contributed by atoms with Crippen molar-refractivity contribution < 1.29 is 0 Å². The first kappa shape index (κ1) is 23.0. The van der Waals surface area contributed by atoms with E-state index in [1.54, 1.807) is 0 Å². The number of hydrogen-bond donors (Lipinski definition) is 0. The Kier molecular flexibility index (Phi) is 9.54. The number of thioether (sulfide) groups is 1. The van der Waals surface area contributed by atoms with E-state index in [2.05, 4.69) is 85.7 Å². The molecule has 0 spiro atoms. The van der Waals surface area contributed by atoms with E-state index in [-0.39, 0.29) is 10.3 Å². The van der Waals surface area contributed by atoms with Crippen LogP contribution in [-0.2, 0) is 0 Å². The number of rotatable bonds is 9. The van der Waals surface area contributed by atoms with Crippen molar-refractivity contribution in [3.8, 4) is 0 Å². The predicted molar refractivity (Wildman–Crippen MR) is 124 cm³/mol. The zero-order valence-corrected chi connectivity index (χ0v) is 19.4. The quantitative estimate of drug-likeness (QED) is 0.412. The number of benzene rings is 1. The van der Waals surface area contributed by atoms with Crippen molar-refractivity contribution in [1.82, 2.24) is 0 Å². The van der Waals surface area contributed by atoms with Crippen LogP contribution in [0.25, 0.3) is 0 Å². The standard InChI is InChI=1S/C22H39BS2/c1-16(2)15-20(25(23)18(4)24-8)13-14-21(22(5,6)7)19-11-9-17(3)10-12-19/h9-12,16,18,20-21,23H,13-15H2,1-8H3. The first-order valence-corrected chi connectivity index (χ1v) is 12.5. The summed E-state index contributed by atoms with van der Waals surface area (Å²) < 4.78 is 0.663. The summed E-state index contributed by atoms with van der Waals surface area (Å²) in [4.78, 5) is 0. The molecule has 0 saturated heterocycles. The molecule has 1 aromatic rings. The van der Waals surface area contributed by atoms with Gasteiger partial charge in [-0.1, -0.05) is 0 Å². The minimum atomic E-state index is 0.237. The van der Waals surface area contributed by atoms with Crippen LogP contribution in [0.3, 0.4) is 0 Å². The Balaban J connectivity index is 2.94. The maximum atomic E-state index is 4.59. The van der Waals surface area contributed by atoms with Crippen LogP contribution in [0.4, 0.5) is 0 Å². The first-order valence-electron chi connectivity index (χ1n) is 9.67. The summed E-state index contributed by atoms with van der Waals surface area (Å²) in [7, 11) is 0.237. The van der Waals surface area contributed by atoms with Crippen molar-refractivity contribution in [2.24, 2.45) is 11.3 Å². The van der Waals surface area contributed by atoms with Gasteiger partial charge in [0.25, 0.3) is 0 Å². The average Bonchev–Trinajstić information content (AvgIpc) is 2.52. The zero-order valence-electron chi connectivity index (χ0n) is 17.8. The van der Waals surface area contributed by atoms with Gasteiger partial charge < -0.3 is 0 Å². The van der Waals surface area contributed by atoms with Crippen LogP contribution in [0, 0.1) is 18.3 Å². The van der Waals surface area contributed by atoms with E-state index in [9.17, 15) is 0 Å². The number of aryl methyl sites for hydroxylation is 1. The van der Waals surface area contributed by atoms with Gasteiger partial charge in [0, 0.05) is 0 Å². The van der Waals surface area contributed by atoms with E-state index in [0.717, 1.165) is 11.2 Å². The molecule has 3 heteroatoms. The molecule has 0 amide bonds. The predicted octanol–water partition coefficient (Wildman–Crippen LogP) is 7.11. The van der Waals surface area contributed by atoms with Crippen molar-refractivity contribution in [2.45, 2.75) is 83.5 Å². The molecule has 0 radical (unpaired) electrons. The van der Waals surface area contributed by atoms with Gasteiger partial charge in [-0.15, -0.1) is 0 Å². The normalized spacial score (nSPS) is 17.3. The molecule has 142 valence electrons. The molecule has 0 aliphatic carbocycles. The summed E-state index contributed by atoms with van der Waals surface area (Å²) in [5.41, 5.74) is 3.15. The Hall–Kier alpha value is -0.0151. The topological polar surface area (TPSA) is 0 Å². The summed E-state index contributed by atoms with van der Waals surface area (Å²) in [6, 6.07) is 9.22. The molecule has 0 nitrogen and oxygen atoms in total. The summed E-state index contributed by atoms with van der Waals surface area (Å²) in [6.07, 6.45) is 6.10. The molecule has 0 aromatic heterocycles. The van der Waals surface area contributed by atoms with Crippen molar-refractivity contribution >= 4 is 28.8 Å². The molecule has 1 rings (SSSR count). The van der Waals surface area contributed by atoms with E-state index in [4.69, 9.17) is 0 Å². The third-order valence-corrected chi connectivity index (χ3v) is 9.34. The van der Waals surface area contributed by atoms with Crippen molar-refractivity contribution in [2.75, 3.05) is 6.26 Å². The van der Waals surface area contributed by atoms with Gasteiger partial charge in [-0.05, 0) is 0 Å². The fourth-order valence-corrected chi connectivity index (χ4v) is 6.64. The summed E-state index contributed by atoms with van der Waals surface area (Å²) in [5.74, 6) is 1.37. The summed E-state index contributed by atoms with van der Waals surface area (Å²) in [6.45, 7) is 21.0. The molecule has 0 N–H and O–H groups in total. The van der Waals surface area contributed by atoms with Gasteiger partial charge in [-0.3, -0.25) is 0 Å². The summed E-state index contributed by atoms with van der Waals surface area (Å²) in [5, 5.41) is 0.748. The second-order valence-corrected chi connectivity index (χ2v) is 12.7. The monoisotopic (exact) mass is 378 g/mol. The van der Waals surface area contributed by atoms with Crippen molar-refractivity contribution in [3.63, 3.8) is 0 Å². The van der Waals surface area contributed by atoms with Crippen LogP contribution in [0.15, 0.2) is 24.3 Å². The van der Waals surface area contributed by atoms with Crippen molar-refractivity contribution in [1.29, 1.82) is 0 Å². The molecule has 1 aromatic carbocycles. The zero-order chi connectivity index (χ0) is 19.2. The third-order valence-electron chi connectivity index (χ3n) is 5.22. The van der Waals surface area contributed by atoms with E-state index < -0.39 is 0 Å². The minimum absolute atomic E-state index is 0.237. The van der Waals surface area contributed by atoms with E-state index in [1.807, 2.05) is 11.8 Å². The molecular weight excluding hydrogens is 339 g/mol. The summed E-state index contributed by atoms with van der Waals surface area (Å²) >= 11 is 1.98. The Bertz CT molecular complexity index is 528. The van der Waals surface area contributed by atoms with Crippen LogP contribution >= 0.6 is 22.1 Å². The van der Waals surface area contributed by atoms with Gasteiger partial charge in [0.1, 0.15) is 0 Å². The molecule has 0 bridgehead atoms. The van der Waals surface area contributed by atoms with Gasteiger partial charge in [-0.2, -0.15) is 0 Å². The SMILES string of the molecule is B=S(C(CCC(c1ccc(C)cc1)C(C)(C)C)CC(C)C)C(C)SC. The molecule has 0 saturated carbocycles. The molecule has 0 heterocycles. The molecule has 4 unspecified atom stereocenters.